The zero-order valence-corrected chi connectivity index (χ0v) is 21.4. The number of anilines is 4. The normalized spacial score (nSPS) is 11.2. The Labute approximate surface area is 206 Å². The Kier molecular flexibility index (Phi) is 8.68. The van der Waals surface area contributed by atoms with Crippen LogP contribution in [0, 0.1) is 18.8 Å². The highest BCUT2D eigenvalue weighted by molar-refractivity contribution is 5.81. The van der Waals surface area contributed by atoms with Crippen molar-refractivity contribution in [3.05, 3.63) is 47.4 Å². The van der Waals surface area contributed by atoms with Crippen LogP contribution in [0.3, 0.4) is 0 Å². The van der Waals surface area contributed by atoms with E-state index in [9.17, 15) is 9.59 Å². The summed E-state index contributed by atoms with van der Waals surface area (Å²) in [6, 6.07) is 9.48. The molecule has 35 heavy (non-hydrogen) atoms. The molecular formula is C26H35N7O2. The van der Waals surface area contributed by atoms with Gasteiger partial charge in [0.25, 0.3) is 0 Å². The van der Waals surface area contributed by atoms with E-state index >= 15 is 0 Å². The van der Waals surface area contributed by atoms with Gasteiger partial charge >= 0.3 is 0 Å². The number of hydrogen-bond donors (Lipinski definition) is 2. The number of benzene rings is 1. The zero-order valence-electron chi connectivity index (χ0n) is 21.4. The third kappa shape index (κ3) is 7.70. The van der Waals surface area contributed by atoms with Gasteiger partial charge in [0.2, 0.25) is 17.8 Å². The lowest BCUT2D eigenvalue weighted by Crippen LogP contribution is -2.16. The first-order valence-corrected chi connectivity index (χ1v) is 12.1. The van der Waals surface area contributed by atoms with Gasteiger partial charge in [-0.1, -0.05) is 46.8 Å². The molecule has 0 amide bonds. The van der Waals surface area contributed by atoms with Crippen LogP contribution in [0.4, 0.5) is 23.4 Å². The Morgan fingerprint density at radius 2 is 1.54 bits per heavy atom. The van der Waals surface area contributed by atoms with E-state index < -0.39 is 0 Å². The predicted octanol–water partition coefficient (Wildman–Crippen LogP) is 5.27. The van der Waals surface area contributed by atoms with Crippen LogP contribution in [0.15, 0.2) is 30.3 Å². The first-order valence-electron chi connectivity index (χ1n) is 12.1. The van der Waals surface area contributed by atoms with Crippen molar-refractivity contribution in [3.8, 4) is 0 Å². The summed E-state index contributed by atoms with van der Waals surface area (Å²) >= 11 is 0. The molecule has 2 N–H and O–H groups in total. The second kappa shape index (κ2) is 11.7. The molecule has 0 fully saturated rings. The number of ketones is 1. The lowest BCUT2D eigenvalue weighted by atomic mass is 10.0. The number of carbonyl (C=O) groups excluding carboxylic acids is 2. The van der Waals surface area contributed by atoms with Crippen LogP contribution in [0.25, 0.3) is 0 Å². The minimum absolute atomic E-state index is 0.0489. The van der Waals surface area contributed by atoms with Gasteiger partial charge in [0.05, 0.1) is 0 Å². The number of carbonyl (C=O) groups is 2. The quantitative estimate of drug-likeness (QED) is 0.384. The fourth-order valence-electron chi connectivity index (χ4n) is 3.62. The van der Waals surface area contributed by atoms with Crippen molar-refractivity contribution < 1.29 is 9.59 Å². The fraction of sp³-hybridized carbons (Fsp3) is 0.462. The lowest BCUT2D eigenvalue weighted by Gasteiger charge is -2.10. The van der Waals surface area contributed by atoms with Crippen molar-refractivity contribution in [1.82, 2.24) is 24.7 Å². The van der Waals surface area contributed by atoms with Gasteiger partial charge in [0.1, 0.15) is 11.6 Å². The van der Waals surface area contributed by atoms with Crippen molar-refractivity contribution in [2.24, 2.45) is 11.8 Å². The SMILES string of the molecule is CCc1nc(Nc2ccc(CC(=O)CC(C)C)cc2)nc(Nc2cc(C)n(C(=O)CC(C)C)n2)n1. The van der Waals surface area contributed by atoms with Gasteiger partial charge in [-0.05, 0) is 36.5 Å². The van der Waals surface area contributed by atoms with E-state index in [-0.39, 0.29) is 17.6 Å². The molecule has 0 bridgehead atoms. The number of rotatable bonds is 11. The van der Waals surface area contributed by atoms with E-state index in [1.807, 2.05) is 65.8 Å². The van der Waals surface area contributed by atoms with Gasteiger partial charge in [0, 0.05) is 43.1 Å². The maximum absolute atomic E-state index is 12.4. The third-order valence-electron chi connectivity index (χ3n) is 5.19. The molecular weight excluding hydrogens is 442 g/mol. The summed E-state index contributed by atoms with van der Waals surface area (Å²) in [7, 11) is 0. The van der Waals surface area contributed by atoms with E-state index in [4.69, 9.17) is 0 Å². The molecule has 0 saturated carbocycles. The highest BCUT2D eigenvalue weighted by atomic mass is 16.2. The summed E-state index contributed by atoms with van der Waals surface area (Å²) in [4.78, 5) is 37.9. The number of aryl methyl sites for hydroxylation is 2. The minimum atomic E-state index is -0.0489. The molecule has 0 saturated heterocycles. The second-order valence-corrected chi connectivity index (χ2v) is 9.59. The number of nitrogens with zero attached hydrogens (tertiary/aromatic N) is 5. The van der Waals surface area contributed by atoms with Crippen LogP contribution >= 0.6 is 0 Å². The number of aromatic nitrogens is 5. The molecule has 0 aliphatic carbocycles. The average Bonchev–Trinajstić information content (AvgIpc) is 3.14. The smallest absolute Gasteiger partial charge is 0.247 e. The highest BCUT2D eigenvalue weighted by Gasteiger charge is 2.15. The Hall–Kier alpha value is -3.62. The second-order valence-electron chi connectivity index (χ2n) is 9.59. The summed E-state index contributed by atoms with van der Waals surface area (Å²) in [6.45, 7) is 11.9. The standard InChI is InChI=1S/C26H35N7O2/c1-7-22-28-25(27-20-10-8-19(9-11-20)15-21(34)12-16(2)3)31-26(29-22)30-23-14-18(6)33(32-23)24(35)13-17(4)5/h8-11,14,16-17H,7,12-13,15H2,1-6H3,(H2,27,28,29,30,31,32). The largest absolute Gasteiger partial charge is 0.324 e. The third-order valence-corrected chi connectivity index (χ3v) is 5.19. The molecule has 0 aliphatic rings. The molecule has 1 aromatic carbocycles. The Bertz CT molecular complexity index is 1170. The molecule has 186 valence electrons. The predicted molar refractivity (Wildman–Crippen MR) is 137 cm³/mol. The molecule has 0 atom stereocenters. The number of hydrogen-bond acceptors (Lipinski definition) is 8. The van der Waals surface area contributed by atoms with Crippen LogP contribution in [0.5, 0.6) is 0 Å². The van der Waals surface area contributed by atoms with Gasteiger partial charge in [0.15, 0.2) is 5.82 Å². The maximum Gasteiger partial charge on any atom is 0.247 e. The van der Waals surface area contributed by atoms with Crippen molar-refractivity contribution in [1.29, 1.82) is 0 Å². The summed E-state index contributed by atoms with van der Waals surface area (Å²) < 4.78 is 1.41. The van der Waals surface area contributed by atoms with Gasteiger partial charge in [-0.2, -0.15) is 15.0 Å². The summed E-state index contributed by atoms with van der Waals surface area (Å²) in [5.74, 6) is 2.66. The monoisotopic (exact) mass is 477 g/mol. The van der Waals surface area contributed by atoms with Gasteiger partial charge in [-0.3, -0.25) is 9.59 Å². The van der Waals surface area contributed by atoms with E-state index in [2.05, 4.69) is 30.7 Å². The molecule has 3 rings (SSSR count). The van der Waals surface area contributed by atoms with Crippen molar-refractivity contribution in [3.63, 3.8) is 0 Å². The Morgan fingerprint density at radius 1 is 0.914 bits per heavy atom. The summed E-state index contributed by atoms with van der Waals surface area (Å²) in [5.41, 5.74) is 2.53. The summed E-state index contributed by atoms with van der Waals surface area (Å²) in [6.07, 6.45) is 2.07. The topological polar surface area (TPSA) is 115 Å². The molecule has 2 aromatic heterocycles. The zero-order chi connectivity index (χ0) is 25.5. The van der Waals surface area contributed by atoms with Crippen molar-refractivity contribution in [2.75, 3.05) is 10.6 Å². The maximum atomic E-state index is 12.4. The molecule has 0 unspecified atom stereocenters. The van der Waals surface area contributed by atoms with Crippen molar-refractivity contribution >= 4 is 35.1 Å². The lowest BCUT2D eigenvalue weighted by molar-refractivity contribution is -0.119. The Morgan fingerprint density at radius 3 is 2.14 bits per heavy atom. The van der Waals surface area contributed by atoms with Crippen LogP contribution in [0.2, 0.25) is 0 Å². The minimum Gasteiger partial charge on any atom is -0.324 e. The van der Waals surface area contributed by atoms with E-state index in [1.54, 1.807) is 6.07 Å². The fourth-order valence-corrected chi connectivity index (χ4v) is 3.62. The molecule has 9 nitrogen and oxygen atoms in total. The van der Waals surface area contributed by atoms with E-state index in [1.165, 1.54) is 4.68 Å². The average molecular weight is 478 g/mol. The highest BCUT2D eigenvalue weighted by Crippen LogP contribution is 2.19. The van der Waals surface area contributed by atoms with Crippen LogP contribution < -0.4 is 10.6 Å². The Balaban J connectivity index is 1.72. The molecule has 0 aliphatic heterocycles. The first-order chi connectivity index (χ1) is 16.6. The first kappa shape index (κ1) is 26.0. The van der Waals surface area contributed by atoms with Gasteiger partial charge < -0.3 is 10.6 Å². The molecule has 3 aromatic rings. The van der Waals surface area contributed by atoms with Gasteiger partial charge in [-0.25, -0.2) is 4.68 Å². The van der Waals surface area contributed by atoms with Crippen LogP contribution in [-0.4, -0.2) is 36.4 Å². The molecule has 0 radical (unpaired) electrons. The van der Waals surface area contributed by atoms with E-state index in [0.717, 1.165) is 16.9 Å². The molecule has 0 spiro atoms. The van der Waals surface area contributed by atoms with Gasteiger partial charge in [-0.15, -0.1) is 5.10 Å². The number of Topliss-reactive ketones (excluding diaryl/α,β-unsaturated/α-hetero) is 1. The molecule has 2 heterocycles. The number of nitrogens with one attached hydrogen (secondary N) is 2. The summed E-state index contributed by atoms with van der Waals surface area (Å²) in [5, 5.41) is 10.7. The van der Waals surface area contributed by atoms with Crippen molar-refractivity contribution in [2.45, 2.75) is 67.2 Å². The van der Waals surface area contributed by atoms with Crippen LogP contribution in [-0.2, 0) is 17.6 Å². The molecule has 9 heteroatoms. The van der Waals surface area contributed by atoms with E-state index in [0.29, 0.717) is 55.1 Å². The van der Waals surface area contributed by atoms with Crippen LogP contribution in [0.1, 0.15) is 69.3 Å².